The molecule has 0 radical (unpaired) electrons. The first-order valence-corrected chi connectivity index (χ1v) is 4.67. The highest BCUT2D eigenvalue weighted by Gasteiger charge is 2.11. The largest absolute Gasteiger partial charge is 0.393 e. The second-order valence-electron chi connectivity index (χ2n) is 3.21. The van der Waals surface area contributed by atoms with Gasteiger partial charge >= 0.3 is 0 Å². The lowest BCUT2D eigenvalue weighted by Crippen LogP contribution is -2.03. The lowest BCUT2D eigenvalue weighted by Gasteiger charge is -2.04. The predicted octanol–water partition coefficient (Wildman–Crippen LogP) is 0.302. The third kappa shape index (κ3) is 2.45. The van der Waals surface area contributed by atoms with Crippen LogP contribution in [0.5, 0.6) is 0 Å². The molecule has 0 saturated carbocycles. The Hall–Kier alpha value is -2.71. The van der Waals surface area contributed by atoms with Gasteiger partial charge in [-0.1, -0.05) is 5.21 Å². The van der Waals surface area contributed by atoms with E-state index in [9.17, 15) is 10.1 Å². The molecule has 1 heterocycles. The van der Waals surface area contributed by atoms with Crippen LogP contribution in [0.15, 0.2) is 18.2 Å². The van der Waals surface area contributed by atoms with Gasteiger partial charge in [0.15, 0.2) is 5.82 Å². The third-order valence-electron chi connectivity index (χ3n) is 2.06. The van der Waals surface area contributed by atoms with Crippen LogP contribution in [0.3, 0.4) is 0 Å². The fourth-order valence-corrected chi connectivity index (χ4v) is 1.27. The molecule has 0 fully saturated rings. The molecular formula is C8H9N7O2. The van der Waals surface area contributed by atoms with E-state index >= 15 is 0 Å². The number of hydrogen-bond acceptors (Lipinski definition) is 7. The van der Waals surface area contributed by atoms with Gasteiger partial charge in [0, 0.05) is 11.8 Å². The van der Waals surface area contributed by atoms with Gasteiger partial charge in [0.1, 0.15) is 5.69 Å². The van der Waals surface area contributed by atoms with Crippen molar-refractivity contribution in [3.63, 3.8) is 0 Å². The number of nitrogens with zero attached hydrogens (tertiary/aromatic N) is 4. The van der Waals surface area contributed by atoms with E-state index in [1.165, 1.54) is 12.1 Å². The predicted molar refractivity (Wildman–Crippen MR) is 59.0 cm³/mol. The zero-order valence-corrected chi connectivity index (χ0v) is 8.62. The van der Waals surface area contributed by atoms with Gasteiger partial charge in [-0.2, -0.15) is 5.21 Å². The molecule has 0 aliphatic heterocycles. The summed E-state index contributed by atoms with van der Waals surface area (Å²) in [5.74, 6) is 0.488. The number of anilines is 2. The average Bonchev–Trinajstić information content (AvgIpc) is 2.78. The van der Waals surface area contributed by atoms with Gasteiger partial charge in [0.05, 0.1) is 11.5 Å². The number of nitrogens with one attached hydrogen (secondary N) is 2. The van der Waals surface area contributed by atoms with Crippen LogP contribution in [-0.4, -0.2) is 25.5 Å². The number of hydrogen-bond donors (Lipinski definition) is 3. The van der Waals surface area contributed by atoms with Gasteiger partial charge in [-0.25, -0.2) is 0 Å². The monoisotopic (exact) mass is 235 g/mol. The SMILES string of the molecule is Nc1cc(NCc2nn[nH]n2)ccc1[N+](=O)[O-]. The summed E-state index contributed by atoms with van der Waals surface area (Å²) in [7, 11) is 0. The van der Waals surface area contributed by atoms with Crippen LogP contribution in [0.25, 0.3) is 0 Å². The van der Waals surface area contributed by atoms with Crippen LogP contribution in [0.2, 0.25) is 0 Å². The zero-order chi connectivity index (χ0) is 12.3. The minimum atomic E-state index is -0.529. The molecule has 0 amide bonds. The summed E-state index contributed by atoms with van der Waals surface area (Å²) in [5.41, 5.74) is 6.18. The maximum Gasteiger partial charge on any atom is 0.292 e. The number of nitrogen functional groups attached to an aromatic ring is 1. The van der Waals surface area contributed by atoms with Gasteiger partial charge < -0.3 is 11.1 Å². The number of benzene rings is 1. The molecule has 0 spiro atoms. The van der Waals surface area contributed by atoms with E-state index < -0.39 is 4.92 Å². The summed E-state index contributed by atoms with van der Waals surface area (Å²) >= 11 is 0. The highest BCUT2D eigenvalue weighted by atomic mass is 16.6. The lowest BCUT2D eigenvalue weighted by atomic mass is 10.2. The van der Waals surface area contributed by atoms with Crippen molar-refractivity contribution in [3.8, 4) is 0 Å². The lowest BCUT2D eigenvalue weighted by molar-refractivity contribution is -0.383. The second-order valence-corrected chi connectivity index (χ2v) is 3.21. The highest BCUT2D eigenvalue weighted by molar-refractivity contribution is 5.65. The summed E-state index contributed by atoms with van der Waals surface area (Å²) in [6, 6.07) is 4.39. The van der Waals surface area contributed by atoms with E-state index in [0.717, 1.165) is 0 Å². The molecule has 1 aromatic carbocycles. The van der Waals surface area contributed by atoms with Gasteiger partial charge in [-0.3, -0.25) is 10.1 Å². The summed E-state index contributed by atoms with van der Waals surface area (Å²) in [5, 5.41) is 26.7. The molecule has 0 atom stereocenters. The minimum Gasteiger partial charge on any atom is -0.393 e. The van der Waals surface area contributed by atoms with Gasteiger partial charge in [-0.15, -0.1) is 10.2 Å². The van der Waals surface area contributed by atoms with Gasteiger partial charge in [0.25, 0.3) is 5.69 Å². The first kappa shape index (κ1) is 10.8. The normalized spacial score (nSPS) is 10.1. The molecule has 2 rings (SSSR count). The van der Waals surface area contributed by atoms with E-state index in [4.69, 9.17) is 5.73 Å². The summed E-state index contributed by atoms with van der Waals surface area (Å²) in [6.07, 6.45) is 0. The molecule has 4 N–H and O–H groups in total. The number of H-pyrrole nitrogens is 1. The molecule has 2 aromatic rings. The molecule has 17 heavy (non-hydrogen) atoms. The van der Waals surface area contributed by atoms with Crippen molar-refractivity contribution in [3.05, 3.63) is 34.1 Å². The molecular weight excluding hydrogens is 226 g/mol. The number of aromatic amines is 1. The van der Waals surface area contributed by atoms with Crippen LogP contribution >= 0.6 is 0 Å². The number of tetrazole rings is 1. The number of nitrogens with two attached hydrogens (primary N) is 1. The molecule has 0 aliphatic rings. The summed E-state index contributed by atoms with van der Waals surface area (Å²) in [6.45, 7) is 0.355. The van der Waals surface area contributed by atoms with E-state index in [0.29, 0.717) is 18.1 Å². The minimum absolute atomic E-state index is 0.105. The second kappa shape index (κ2) is 4.43. The van der Waals surface area contributed by atoms with Gasteiger partial charge in [-0.05, 0) is 12.1 Å². The van der Waals surface area contributed by atoms with Gasteiger partial charge in [0.2, 0.25) is 0 Å². The fraction of sp³-hybridized carbons (Fsp3) is 0.125. The Morgan fingerprint density at radius 3 is 2.94 bits per heavy atom. The number of aromatic nitrogens is 4. The zero-order valence-electron chi connectivity index (χ0n) is 8.62. The van der Waals surface area contributed by atoms with Crippen LogP contribution in [-0.2, 0) is 6.54 Å². The van der Waals surface area contributed by atoms with Crippen molar-refractivity contribution in [2.75, 3.05) is 11.1 Å². The molecule has 9 nitrogen and oxygen atoms in total. The highest BCUT2D eigenvalue weighted by Crippen LogP contribution is 2.24. The Kier molecular flexibility index (Phi) is 2.81. The Morgan fingerprint density at radius 2 is 2.35 bits per heavy atom. The molecule has 1 aromatic heterocycles. The van der Waals surface area contributed by atoms with Crippen LogP contribution in [0.4, 0.5) is 17.1 Å². The van der Waals surface area contributed by atoms with Crippen molar-refractivity contribution >= 4 is 17.1 Å². The summed E-state index contributed by atoms with van der Waals surface area (Å²) < 4.78 is 0. The summed E-state index contributed by atoms with van der Waals surface area (Å²) in [4.78, 5) is 10.0. The molecule has 0 unspecified atom stereocenters. The maximum absolute atomic E-state index is 10.6. The molecule has 9 heteroatoms. The van der Waals surface area contributed by atoms with Crippen molar-refractivity contribution in [2.24, 2.45) is 0 Å². The third-order valence-corrected chi connectivity index (χ3v) is 2.06. The Bertz CT molecular complexity index is 525. The van der Waals surface area contributed by atoms with Crippen LogP contribution in [0.1, 0.15) is 5.82 Å². The maximum atomic E-state index is 10.6. The van der Waals surface area contributed by atoms with Crippen LogP contribution in [0, 0.1) is 10.1 Å². The van der Waals surface area contributed by atoms with E-state index in [1.54, 1.807) is 6.07 Å². The average molecular weight is 235 g/mol. The van der Waals surface area contributed by atoms with Crippen molar-refractivity contribution < 1.29 is 4.92 Å². The van der Waals surface area contributed by atoms with E-state index in [-0.39, 0.29) is 11.4 Å². The molecule has 88 valence electrons. The molecule has 0 aliphatic carbocycles. The first-order chi connectivity index (χ1) is 8.16. The van der Waals surface area contributed by atoms with E-state index in [1.807, 2.05) is 0 Å². The molecule has 0 saturated heterocycles. The Morgan fingerprint density at radius 1 is 1.53 bits per heavy atom. The quantitative estimate of drug-likeness (QED) is 0.394. The number of nitro benzene ring substituents is 1. The Balaban J connectivity index is 2.07. The molecule has 0 bridgehead atoms. The van der Waals surface area contributed by atoms with Crippen LogP contribution < -0.4 is 11.1 Å². The standard InChI is InChI=1S/C8H9N7O2/c9-6-3-5(1-2-7(6)15(16)17)10-4-8-11-13-14-12-8/h1-3,10H,4,9H2,(H,11,12,13,14). The smallest absolute Gasteiger partial charge is 0.292 e. The van der Waals surface area contributed by atoms with Crippen molar-refractivity contribution in [2.45, 2.75) is 6.54 Å². The van der Waals surface area contributed by atoms with Crippen molar-refractivity contribution in [1.29, 1.82) is 0 Å². The fourth-order valence-electron chi connectivity index (χ4n) is 1.27. The van der Waals surface area contributed by atoms with Crippen molar-refractivity contribution in [1.82, 2.24) is 20.6 Å². The number of nitro groups is 1. The topological polar surface area (TPSA) is 136 Å². The number of rotatable bonds is 4. The van der Waals surface area contributed by atoms with E-state index in [2.05, 4.69) is 25.9 Å². The first-order valence-electron chi connectivity index (χ1n) is 4.67. The Labute approximate surface area is 95.2 Å².